The van der Waals surface area contributed by atoms with Gasteiger partial charge in [0.25, 0.3) is 0 Å². The predicted octanol–water partition coefficient (Wildman–Crippen LogP) is 2.40. The molecule has 1 aromatic heterocycles. The van der Waals surface area contributed by atoms with Gasteiger partial charge in [0.05, 0.1) is 23.6 Å². The lowest BCUT2D eigenvalue weighted by molar-refractivity contribution is -0.197. The fourth-order valence-electron chi connectivity index (χ4n) is 5.43. The van der Waals surface area contributed by atoms with Gasteiger partial charge in [0.15, 0.2) is 0 Å². The molecule has 0 radical (unpaired) electrons. The number of rotatable bonds is 2. The van der Waals surface area contributed by atoms with Crippen molar-refractivity contribution < 1.29 is 9.53 Å². The van der Waals surface area contributed by atoms with Crippen LogP contribution >= 0.6 is 0 Å². The minimum atomic E-state index is -0.220. The molecule has 0 saturated carbocycles. The second-order valence-electron chi connectivity index (χ2n) is 8.29. The van der Waals surface area contributed by atoms with Gasteiger partial charge in [-0.05, 0) is 23.6 Å². The number of H-pyrrole nitrogens is 1. The Bertz CT molecular complexity index is 815. The highest BCUT2D eigenvalue weighted by atomic mass is 16.5. The normalized spacial score (nSPS) is 40.5. The van der Waals surface area contributed by atoms with Gasteiger partial charge in [-0.25, -0.2) is 0 Å². The van der Waals surface area contributed by atoms with Crippen LogP contribution in [0.5, 0.6) is 5.75 Å². The van der Waals surface area contributed by atoms with Crippen molar-refractivity contribution >= 4 is 16.6 Å². The lowest BCUT2D eigenvalue weighted by Gasteiger charge is -2.64. The lowest BCUT2D eigenvalue weighted by Crippen LogP contribution is -2.75. The summed E-state index contributed by atoms with van der Waals surface area (Å²) >= 11 is 0. The van der Waals surface area contributed by atoms with Crippen molar-refractivity contribution in [2.45, 2.75) is 20.0 Å². The first-order valence-electron chi connectivity index (χ1n) is 8.62. The van der Waals surface area contributed by atoms with Gasteiger partial charge in [0.2, 0.25) is 0 Å². The summed E-state index contributed by atoms with van der Waals surface area (Å²) in [4.78, 5) is 21.3. The van der Waals surface area contributed by atoms with E-state index >= 15 is 0 Å². The summed E-state index contributed by atoms with van der Waals surface area (Å²) in [5.41, 5.74) is 0.784. The van der Waals surface area contributed by atoms with Gasteiger partial charge in [0, 0.05) is 37.8 Å². The van der Waals surface area contributed by atoms with E-state index in [4.69, 9.17) is 4.74 Å². The predicted molar refractivity (Wildman–Crippen MR) is 92.0 cm³/mol. The van der Waals surface area contributed by atoms with E-state index in [9.17, 15) is 4.79 Å². The molecule has 4 aliphatic heterocycles. The van der Waals surface area contributed by atoms with Crippen LogP contribution in [-0.2, 0) is 4.79 Å². The van der Waals surface area contributed by atoms with Crippen LogP contribution in [-0.4, -0.2) is 53.9 Å². The SMILES string of the molecule is COc1ccc2c[nH]c(C3N4CC5(C)CN3CC(C)(C4)C5=O)c2c1. The summed E-state index contributed by atoms with van der Waals surface area (Å²) in [6, 6.07) is 6.21. The molecule has 24 heavy (non-hydrogen) atoms. The topological polar surface area (TPSA) is 48.6 Å². The number of Topliss-reactive ketones (excluding diaryl/α,β-unsaturated/α-hetero) is 1. The highest BCUT2D eigenvalue weighted by Crippen LogP contribution is 2.52. The molecular weight excluding hydrogens is 302 g/mol. The van der Waals surface area contributed by atoms with Gasteiger partial charge in [-0.3, -0.25) is 14.6 Å². The molecule has 4 bridgehead atoms. The molecular formula is C19H23N3O2. The van der Waals surface area contributed by atoms with Gasteiger partial charge >= 0.3 is 0 Å². The number of benzene rings is 1. The molecule has 5 heteroatoms. The molecule has 4 saturated heterocycles. The minimum absolute atomic E-state index is 0.220. The van der Waals surface area contributed by atoms with Crippen molar-refractivity contribution in [2.24, 2.45) is 10.8 Å². The van der Waals surface area contributed by atoms with E-state index < -0.39 is 0 Å². The third-order valence-corrected chi connectivity index (χ3v) is 6.19. The van der Waals surface area contributed by atoms with Crippen molar-refractivity contribution in [3.63, 3.8) is 0 Å². The summed E-state index contributed by atoms with van der Waals surface area (Å²) in [6.45, 7) is 7.69. The average molecular weight is 325 g/mol. The van der Waals surface area contributed by atoms with Crippen LogP contribution in [0.4, 0.5) is 0 Å². The third-order valence-electron chi connectivity index (χ3n) is 6.19. The van der Waals surface area contributed by atoms with Gasteiger partial charge in [-0.15, -0.1) is 0 Å². The van der Waals surface area contributed by atoms with Gasteiger partial charge in [0.1, 0.15) is 17.7 Å². The zero-order valence-electron chi connectivity index (χ0n) is 14.4. The standard InChI is InChI=1S/C19H23N3O2/c1-18-8-21-10-19(2,17(18)23)11-22(9-18)16(21)15-14-6-13(24-3)5-4-12(14)7-20-15/h4-7,16,20H,8-11H2,1-3H3. The largest absolute Gasteiger partial charge is 0.497 e. The van der Waals surface area contributed by atoms with Crippen LogP contribution in [0.3, 0.4) is 0 Å². The molecule has 4 aliphatic rings. The first-order valence-corrected chi connectivity index (χ1v) is 8.62. The van der Waals surface area contributed by atoms with Gasteiger partial charge in [-0.2, -0.15) is 0 Å². The fourth-order valence-corrected chi connectivity index (χ4v) is 5.43. The molecule has 6 rings (SSSR count). The van der Waals surface area contributed by atoms with Crippen LogP contribution in [0.15, 0.2) is 24.4 Å². The Morgan fingerprint density at radius 2 is 1.75 bits per heavy atom. The molecule has 1 aromatic carbocycles. The van der Waals surface area contributed by atoms with E-state index in [1.54, 1.807) is 7.11 Å². The van der Waals surface area contributed by atoms with Crippen LogP contribution in [0.25, 0.3) is 10.8 Å². The Morgan fingerprint density at radius 3 is 2.33 bits per heavy atom. The molecule has 2 aromatic rings. The molecule has 0 aliphatic carbocycles. The summed E-state index contributed by atoms with van der Waals surface area (Å²) < 4.78 is 5.41. The van der Waals surface area contributed by atoms with E-state index in [2.05, 4.69) is 47.0 Å². The molecule has 5 nitrogen and oxygen atoms in total. The summed E-state index contributed by atoms with van der Waals surface area (Å²) in [7, 11) is 1.71. The number of carbonyl (C=O) groups excluding carboxylic acids is 1. The van der Waals surface area contributed by atoms with Crippen LogP contribution < -0.4 is 4.74 Å². The lowest BCUT2D eigenvalue weighted by atomic mass is 9.62. The van der Waals surface area contributed by atoms with E-state index in [0.717, 1.165) is 31.9 Å². The zero-order valence-corrected chi connectivity index (χ0v) is 14.4. The Labute approximate surface area is 141 Å². The third kappa shape index (κ3) is 1.69. The number of hydrogen-bond acceptors (Lipinski definition) is 4. The van der Waals surface area contributed by atoms with E-state index in [1.165, 1.54) is 16.5 Å². The Hall–Kier alpha value is -1.85. The maximum absolute atomic E-state index is 12.8. The zero-order chi connectivity index (χ0) is 16.7. The fraction of sp³-hybridized carbons (Fsp3) is 0.526. The Kier molecular flexibility index (Phi) is 2.66. The van der Waals surface area contributed by atoms with Crippen molar-refractivity contribution in [2.75, 3.05) is 33.3 Å². The number of piperidine rings is 2. The maximum Gasteiger partial charge on any atom is 0.149 e. The molecule has 0 unspecified atom stereocenters. The number of nitrogens with one attached hydrogen (secondary N) is 1. The van der Waals surface area contributed by atoms with Crippen molar-refractivity contribution in [1.82, 2.24) is 14.8 Å². The van der Waals surface area contributed by atoms with Crippen LogP contribution in [0, 0.1) is 10.8 Å². The van der Waals surface area contributed by atoms with E-state index in [0.29, 0.717) is 5.78 Å². The average Bonchev–Trinajstić information content (AvgIpc) is 2.94. The number of nitrogens with zero attached hydrogens (tertiary/aromatic N) is 2. The van der Waals surface area contributed by atoms with Gasteiger partial charge < -0.3 is 9.72 Å². The summed E-state index contributed by atoms with van der Waals surface area (Å²) in [5, 5.41) is 2.42. The Balaban J connectivity index is 1.61. The first-order chi connectivity index (χ1) is 11.4. The van der Waals surface area contributed by atoms with Crippen molar-refractivity contribution in [3.05, 3.63) is 30.1 Å². The quantitative estimate of drug-likeness (QED) is 0.921. The molecule has 1 N–H and O–H groups in total. The number of carbonyl (C=O) groups is 1. The number of ketones is 1. The van der Waals surface area contributed by atoms with E-state index in [-0.39, 0.29) is 17.0 Å². The number of methoxy groups -OCH3 is 1. The maximum atomic E-state index is 12.8. The summed E-state index contributed by atoms with van der Waals surface area (Å²) in [6.07, 6.45) is 2.30. The highest BCUT2D eigenvalue weighted by Gasteiger charge is 2.62. The van der Waals surface area contributed by atoms with Gasteiger partial charge in [-0.1, -0.05) is 13.8 Å². The van der Waals surface area contributed by atoms with E-state index in [1.807, 2.05) is 6.07 Å². The smallest absolute Gasteiger partial charge is 0.149 e. The molecule has 0 atom stereocenters. The first kappa shape index (κ1) is 14.5. The molecule has 4 fully saturated rings. The molecule has 126 valence electrons. The Morgan fingerprint density at radius 1 is 1.12 bits per heavy atom. The summed E-state index contributed by atoms with van der Waals surface area (Å²) in [5.74, 6) is 1.34. The number of ether oxygens (including phenoxy) is 1. The number of aromatic amines is 1. The van der Waals surface area contributed by atoms with Crippen molar-refractivity contribution in [1.29, 1.82) is 0 Å². The molecule has 0 amide bonds. The monoisotopic (exact) mass is 325 g/mol. The van der Waals surface area contributed by atoms with Crippen LogP contribution in [0.1, 0.15) is 25.7 Å². The number of fused-ring (bicyclic) bond motifs is 1. The van der Waals surface area contributed by atoms with Crippen LogP contribution in [0.2, 0.25) is 0 Å². The second-order valence-corrected chi connectivity index (χ2v) is 8.29. The highest BCUT2D eigenvalue weighted by molar-refractivity contribution is 5.93. The number of hydrogen-bond donors (Lipinski definition) is 1. The molecule has 0 spiro atoms. The minimum Gasteiger partial charge on any atom is -0.497 e. The van der Waals surface area contributed by atoms with Crippen molar-refractivity contribution in [3.8, 4) is 5.75 Å². The number of aromatic nitrogens is 1. The second kappa shape index (κ2) is 4.41. The molecule has 5 heterocycles.